The molecule has 0 bridgehead atoms. The molecule has 130 valence electrons. The molecule has 3 aromatic carbocycles. The van der Waals surface area contributed by atoms with Crippen LogP contribution in [0.4, 0.5) is 0 Å². The molecule has 6 heteroatoms. The van der Waals surface area contributed by atoms with Gasteiger partial charge in [-0.25, -0.2) is 4.98 Å². The molecule has 2 aromatic heterocycles. The van der Waals surface area contributed by atoms with Crippen LogP contribution < -0.4 is 5.56 Å². The third-order valence-electron chi connectivity index (χ3n) is 4.44. The van der Waals surface area contributed by atoms with Crippen molar-refractivity contribution in [1.29, 1.82) is 0 Å². The minimum atomic E-state index is -0.200. The molecule has 0 saturated heterocycles. The van der Waals surface area contributed by atoms with Crippen molar-refractivity contribution < 1.29 is 0 Å². The number of aromatic nitrogens is 4. The molecule has 2 heterocycles. The van der Waals surface area contributed by atoms with E-state index in [0.29, 0.717) is 27.5 Å². The number of hydrogen-bond donors (Lipinski definition) is 0. The van der Waals surface area contributed by atoms with E-state index in [1.165, 1.54) is 4.52 Å². The van der Waals surface area contributed by atoms with Crippen LogP contribution in [0.3, 0.4) is 0 Å². The fourth-order valence-electron chi connectivity index (χ4n) is 3.21. The van der Waals surface area contributed by atoms with Gasteiger partial charge in [-0.15, -0.1) is 5.10 Å². The largest absolute Gasteiger partial charge is 0.283 e. The Morgan fingerprint density at radius 1 is 0.852 bits per heavy atom. The van der Waals surface area contributed by atoms with E-state index < -0.39 is 0 Å². The Morgan fingerprint density at radius 3 is 2.44 bits per heavy atom. The summed E-state index contributed by atoms with van der Waals surface area (Å²) in [5.74, 6) is 1.07. The molecule has 0 atom stereocenters. The van der Waals surface area contributed by atoms with Gasteiger partial charge in [0.25, 0.3) is 5.56 Å². The highest BCUT2D eigenvalue weighted by Gasteiger charge is 2.18. The highest BCUT2D eigenvalue weighted by Crippen LogP contribution is 2.25. The van der Waals surface area contributed by atoms with E-state index in [4.69, 9.17) is 16.6 Å². The summed E-state index contributed by atoms with van der Waals surface area (Å²) >= 11 is 6.21. The maximum atomic E-state index is 13.0. The number of fused-ring (bicyclic) bond motifs is 2. The lowest BCUT2D eigenvalue weighted by Crippen LogP contribution is -2.16. The highest BCUT2D eigenvalue weighted by molar-refractivity contribution is 6.30. The molecule has 27 heavy (non-hydrogen) atoms. The zero-order chi connectivity index (χ0) is 18.4. The number of halogens is 1. The molecule has 0 aliphatic carbocycles. The van der Waals surface area contributed by atoms with Gasteiger partial charge in [0.05, 0.1) is 16.6 Å². The van der Waals surface area contributed by atoms with Crippen LogP contribution in [0.1, 0.15) is 0 Å². The standard InChI is InChI=1S/C21H13ClN4O/c22-15-9-6-10-16(13-15)25-19(14-7-2-1-3-8-14)24-26-20(27)17-11-4-5-12-18(17)23-21(25)26/h1-13H. The Bertz CT molecular complexity index is 1360. The van der Waals surface area contributed by atoms with E-state index >= 15 is 0 Å². The normalized spacial score (nSPS) is 11.3. The van der Waals surface area contributed by atoms with Crippen molar-refractivity contribution in [1.82, 2.24) is 19.2 Å². The van der Waals surface area contributed by atoms with Crippen LogP contribution >= 0.6 is 11.6 Å². The first-order valence-electron chi connectivity index (χ1n) is 8.44. The van der Waals surface area contributed by atoms with Crippen molar-refractivity contribution in [2.75, 3.05) is 0 Å². The first kappa shape index (κ1) is 15.8. The van der Waals surface area contributed by atoms with E-state index in [2.05, 4.69) is 5.10 Å². The number of nitrogens with zero attached hydrogens (tertiary/aromatic N) is 4. The molecular weight excluding hydrogens is 360 g/mol. The minimum Gasteiger partial charge on any atom is -0.267 e. The molecule has 0 N–H and O–H groups in total. The molecule has 0 fully saturated rings. The van der Waals surface area contributed by atoms with Gasteiger partial charge in [-0.05, 0) is 30.3 Å². The summed E-state index contributed by atoms with van der Waals surface area (Å²) in [4.78, 5) is 17.7. The molecule has 0 spiro atoms. The lowest BCUT2D eigenvalue weighted by Gasteiger charge is -2.08. The summed E-state index contributed by atoms with van der Waals surface area (Å²) in [5, 5.41) is 5.73. The fourth-order valence-corrected chi connectivity index (χ4v) is 3.39. The Morgan fingerprint density at radius 2 is 1.63 bits per heavy atom. The Hall–Kier alpha value is -3.44. The van der Waals surface area contributed by atoms with Crippen molar-refractivity contribution in [3.63, 3.8) is 0 Å². The summed E-state index contributed by atoms with van der Waals surface area (Å²) in [6.45, 7) is 0. The van der Waals surface area contributed by atoms with Gasteiger partial charge in [0.15, 0.2) is 5.82 Å². The van der Waals surface area contributed by atoms with Crippen LogP contribution in [0, 0.1) is 0 Å². The van der Waals surface area contributed by atoms with Gasteiger partial charge < -0.3 is 0 Å². The molecule has 0 aliphatic heterocycles. The summed E-state index contributed by atoms with van der Waals surface area (Å²) in [6.07, 6.45) is 0. The molecule has 0 aliphatic rings. The number of rotatable bonds is 2. The first-order valence-corrected chi connectivity index (χ1v) is 8.82. The molecule has 0 amide bonds. The van der Waals surface area contributed by atoms with Crippen LogP contribution in [-0.2, 0) is 0 Å². The van der Waals surface area contributed by atoms with E-state index in [9.17, 15) is 4.79 Å². The minimum absolute atomic E-state index is 0.200. The maximum absolute atomic E-state index is 13.0. The number of benzene rings is 3. The predicted octanol–water partition coefficient (Wildman–Crippen LogP) is 4.35. The summed E-state index contributed by atoms with van der Waals surface area (Å²) in [7, 11) is 0. The number of hydrogen-bond acceptors (Lipinski definition) is 3. The average Bonchev–Trinajstić information content (AvgIpc) is 3.09. The molecule has 5 rings (SSSR count). The fraction of sp³-hybridized carbons (Fsp3) is 0. The highest BCUT2D eigenvalue weighted by atomic mass is 35.5. The van der Waals surface area contributed by atoms with Crippen LogP contribution in [0.5, 0.6) is 0 Å². The van der Waals surface area contributed by atoms with Crippen molar-refractivity contribution in [2.24, 2.45) is 0 Å². The maximum Gasteiger partial charge on any atom is 0.283 e. The third-order valence-corrected chi connectivity index (χ3v) is 4.68. The van der Waals surface area contributed by atoms with Gasteiger partial charge in [-0.1, -0.05) is 60.1 Å². The Balaban J connectivity index is 1.96. The third kappa shape index (κ3) is 2.52. The molecule has 0 saturated carbocycles. The van der Waals surface area contributed by atoms with Crippen LogP contribution in [-0.4, -0.2) is 19.2 Å². The van der Waals surface area contributed by atoms with Crippen LogP contribution in [0.2, 0.25) is 5.02 Å². The topological polar surface area (TPSA) is 52.2 Å². The zero-order valence-corrected chi connectivity index (χ0v) is 14.8. The predicted molar refractivity (Wildman–Crippen MR) is 107 cm³/mol. The van der Waals surface area contributed by atoms with Gasteiger partial charge in [-0.2, -0.15) is 4.52 Å². The Kier molecular flexibility index (Phi) is 3.55. The molecule has 0 radical (unpaired) electrons. The summed E-state index contributed by atoms with van der Waals surface area (Å²) in [6, 6.07) is 24.4. The number of para-hydroxylation sites is 1. The van der Waals surface area contributed by atoms with Crippen LogP contribution in [0.15, 0.2) is 83.7 Å². The van der Waals surface area contributed by atoms with E-state index in [1.54, 1.807) is 12.1 Å². The summed E-state index contributed by atoms with van der Waals surface area (Å²) < 4.78 is 3.21. The van der Waals surface area contributed by atoms with Gasteiger partial charge in [0.1, 0.15) is 0 Å². The average molecular weight is 373 g/mol. The van der Waals surface area contributed by atoms with Gasteiger partial charge in [0, 0.05) is 10.6 Å². The second-order valence-corrected chi connectivity index (χ2v) is 6.59. The van der Waals surface area contributed by atoms with E-state index in [1.807, 2.05) is 71.3 Å². The van der Waals surface area contributed by atoms with E-state index in [-0.39, 0.29) is 5.56 Å². The molecule has 0 unspecified atom stereocenters. The van der Waals surface area contributed by atoms with Crippen molar-refractivity contribution in [3.05, 3.63) is 94.2 Å². The van der Waals surface area contributed by atoms with Crippen molar-refractivity contribution >= 4 is 28.3 Å². The van der Waals surface area contributed by atoms with Crippen LogP contribution in [0.25, 0.3) is 33.8 Å². The summed E-state index contributed by atoms with van der Waals surface area (Å²) in [5.41, 5.74) is 2.10. The van der Waals surface area contributed by atoms with Gasteiger partial charge >= 0.3 is 0 Å². The second kappa shape index (κ2) is 6.07. The monoisotopic (exact) mass is 372 g/mol. The molecule has 5 nitrogen and oxygen atoms in total. The first-order chi connectivity index (χ1) is 13.2. The van der Waals surface area contributed by atoms with Gasteiger partial charge in [-0.3, -0.25) is 9.36 Å². The van der Waals surface area contributed by atoms with Gasteiger partial charge in [0.2, 0.25) is 5.78 Å². The van der Waals surface area contributed by atoms with Crippen molar-refractivity contribution in [2.45, 2.75) is 0 Å². The molecule has 5 aromatic rings. The smallest absolute Gasteiger partial charge is 0.267 e. The lowest BCUT2D eigenvalue weighted by atomic mass is 10.2. The molecular formula is C21H13ClN4O. The van der Waals surface area contributed by atoms with E-state index in [0.717, 1.165) is 11.3 Å². The lowest BCUT2D eigenvalue weighted by molar-refractivity contribution is 0.917. The SMILES string of the molecule is O=c1c2ccccc2nc2n(-c3cccc(Cl)c3)c(-c3ccccc3)nn12. The quantitative estimate of drug-likeness (QED) is 0.463. The Labute approximate surface area is 159 Å². The van der Waals surface area contributed by atoms with Crippen molar-refractivity contribution in [3.8, 4) is 17.1 Å². The second-order valence-electron chi connectivity index (χ2n) is 6.15. The zero-order valence-electron chi connectivity index (χ0n) is 14.1.